The van der Waals surface area contributed by atoms with Gasteiger partial charge < -0.3 is 10.4 Å². The number of aliphatic hydroxyl groups is 1. The van der Waals surface area contributed by atoms with Crippen LogP contribution in [0.15, 0.2) is 29.2 Å². The third-order valence-corrected chi connectivity index (χ3v) is 2.90. The highest BCUT2D eigenvalue weighted by Crippen LogP contribution is 2.17. The van der Waals surface area contributed by atoms with Gasteiger partial charge in [0, 0.05) is 5.69 Å². The third-order valence-electron chi connectivity index (χ3n) is 2.03. The van der Waals surface area contributed by atoms with Crippen molar-refractivity contribution in [1.29, 1.82) is 0 Å². The van der Waals surface area contributed by atoms with E-state index in [1.165, 1.54) is 24.3 Å². The highest BCUT2D eigenvalue weighted by atomic mass is 32.2. The molecule has 0 unspecified atom stereocenters. The molecule has 0 heterocycles. The Hall–Kier alpha value is -1.11. The summed E-state index contributed by atoms with van der Waals surface area (Å²) in [7, 11) is -4.15. The average Bonchev–Trinajstić information content (AvgIpc) is 2.16. The summed E-state index contributed by atoms with van der Waals surface area (Å²) in [4.78, 5) is -0.153. The van der Waals surface area contributed by atoms with Crippen molar-refractivity contribution in [3.8, 4) is 0 Å². The van der Waals surface area contributed by atoms with Gasteiger partial charge in [-0.25, -0.2) is 0 Å². The van der Waals surface area contributed by atoms with E-state index in [2.05, 4.69) is 5.32 Å². The van der Waals surface area contributed by atoms with E-state index in [9.17, 15) is 8.42 Å². The SMILES string of the molecule is CC(C)(CO)Nc1ccc(S(=O)(=O)O)cc1. The van der Waals surface area contributed by atoms with Crippen LogP contribution in [0.25, 0.3) is 0 Å². The molecule has 3 N–H and O–H groups in total. The zero-order valence-electron chi connectivity index (χ0n) is 9.14. The standard InChI is InChI=1S/C10H15NO4S/c1-10(2,7-12)11-8-3-5-9(6-4-8)16(13,14)15/h3-6,11-12H,7H2,1-2H3,(H,13,14,15). The molecule has 0 spiro atoms. The molecule has 1 rings (SSSR count). The van der Waals surface area contributed by atoms with Crippen molar-refractivity contribution < 1.29 is 18.1 Å². The summed E-state index contributed by atoms with van der Waals surface area (Å²) in [5.41, 5.74) is 0.186. The molecule has 5 nitrogen and oxygen atoms in total. The number of hydrogen-bond acceptors (Lipinski definition) is 4. The van der Waals surface area contributed by atoms with E-state index in [1.54, 1.807) is 0 Å². The molecule has 1 aromatic carbocycles. The molecular weight excluding hydrogens is 230 g/mol. The summed E-state index contributed by atoms with van der Waals surface area (Å²) in [6.07, 6.45) is 0. The van der Waals surface area contributed by atoms with Crippen LogP contribution in [0.3, 0.4) is 0 Å². The molecule has 1 aromatic rings. The maximum atomic E-state index is 10.8. The summed E-state index contributed by atoms with van der Waals surface area (Å²) >= 11 is 0. The predicted octanol–water partition coefficient (Wildman–Crippen LogP) is 1.12. The monoisotopic (exact) mass is 245 g/mol. The predicted molar refractivity (Wildman–Crippen MR) is 61.0 cm³/mol. The molecule has 0 saturated carbocycles. The number of benzene rings is 1. The Bertz CT molecular complexity index is 450. The number of anilines is 1. The van der Waals surface area contributed by atoms with Gasteiger partial charge in [-0.2, -0.15) is 8.42 Å². The molecule has 0 saturated heterocycles. The first kappa shape index (κ1) is 13.0. The fourth-order valence-electron chi connectivity index (χ4n) is 1.14. The van der Waals surface area contributed by atoms with Gasteiger partial charge in [0.25, 0.3) is 10.1 Å². The molecule has 0 amide bonds. The molecule has 0 atom stereocenters. The van der Waals surface area contributed by atoms with Crippen molar-refractivity contribution in [1.82, 2.24) is 0 Å². The van der Waals surface area contributed by atoms with Gasteiger partial charge >= 0.3 is 0 Å². The zero-order valence-corrected chi connectivity index (χ0v) is 9.95. The molecule has 0 aromatic heterocycles. The van der Waals surface area contributed by atoms with Crippen LogP contribution in [-0.2, 0) is 10.1 Å². The Morgan fingerprint density at radius 3 is 2.12 bits per heavy atom. The number of aliphatic hydroxyl groups excluding tert-OH is 1. The Kier molecular flexibility index (Phi) is 3.57. The van der Waals surface area contributed by atoms with Gasteiger partial charge in [-0.15, -0.1) is 0 Å². The minimum Gasteiger partial charge on any atom is -0.394 e. The van der Waals surface area contributed by atoms with Crippen LogP contribution in [0.4, 0.5) is 5.69 Å². The molecule has 90 valence electrons. The lowest BCUT2D eigenvalue weighted by atomic mass is 10.1. The van der Waals surface area contributed by atoms with E-state index >= 15 is 0 Å². The zero-order chi connectivity index (χ0) is 12.4. The molecule has 0 fully saturated rings. The van der Waals surface area contributed by atoms with Crippen LogP contribution in [0, 0.1) is 0 Å². The van der Waals surface area contributed by atoms with Crippen LogP contribution in [0.5, 0.6) is 0 Å². The van der Waals surface area contributed by atoms with Crippen molar-refractivity contribution >= 4 is 15.8 Å². The lowest BCUT2D eigenvalue weighted by Gasteiger charge is -2.24. The van der Waals surface area contributed by atoms with Gasteiger partial charge in [0.1, 0.15) is 0 Å². The van der Waals surface area contributed by atoms with Gasteiger partial charge in [0.2, 0.25) is 0 Å². The van der Waals surface area contributed by atoms with Crippen LogP contribution in [-0.4, -0.2) is 30.2 Å². The van der Waals surface area contributed by atoms with Crippen molar-refractivity contribution in [2.45, 2.75) is 24.3 Å². The second kappa shape index (κ2) is 4.40. The first-order valence-corrected chi connectivity index (χ1v) is 6.15. The van der Waals surface area contributed by atoms with Gasteiger partial charge in [-0.05, 0) is 38.1 Å². The highest BCUT2D eigenvalue weighted by Gasteiger charge is 2.16. The summed E-state index contributed by atoms with van der Waals surface area (Å²) in [5, 5.41) is 12.1. The molecule has 0 radical (unpaired) electrons. The van der Waals surface area contributed by atoms with Crippen LogP contribution < -0.4 is 5.32 Å². The summed E-state index contributed by atoms with van der Waals surface area (Å²) in [5.74, 6) is 0. The molecular formula is C10H15NO4S. The van der Waals surface area contributed by atoms with Gasteiger partial charge in [-0.3, -0.25) is 4.55 Å². The summed E-state index contributed by atoms with van der Waals surface area (Å²) in [6.45, 7) is 3.57. The molecule has 0 aliphatic heterocycles. The lowest BCUT2D eigenvalue weighted by molar-refractivity contribution is 0.234. The van der Waals surface area contributed by atoms with E-state index in [0.717, 1.165) is 0 Å². The summed E-state index contributed by atoms with van der Waals surface area (Å²) < 4.78 is 30.3. The van der Waals surface area contributed by atoms with E-state index in [0.29, 0.717) is 5.69 Å². The minimum atomic E-state index is -4.15. The lowest BCUT2D eigenvalue weighted by Crippen LogP contribution is -2.34. The quantitative estimate of drug-likeness (QED) is 0.692. The number of hydrogen-bond donors (Lipinski definition) is 3. The van der Waals surface area contributed by atoms with E-state index in [4.69, 9.17) is 9.66 Å². The Labute approximate surface area is 94.9 Å². The van der Waals surface area contributed by atoms with Crippen LogP contribution >= 0.6 is 0 Å². The summed E-state index contributed by atoms with van der Waals surface area (Å²) in [6, 6.07) is 5.65. The second-order valence-electron chi connectivity index (χ2n) is 4.17. The topological polar surface area (TPSA) is 86.6 Å². The normalized spacial score (nSPS) is 12.5. The van der Waals surface area contributed by atoms with Gasteiger partial charge in [0.05, 0.1) is 17.0 Å². The molecule has 6 heteroatoms. The average molecular weight is 245 g/mol. The van der Waals surface area contributed by atoms with Crippen molar-refractivity contribution in [3.63, 3.8) is 0 Å². The Morgan fingerprint density at radius 2 is 1.75 bits per heavy atom. The van der Waals surface area contributed by atoms with E-state index < -0.39 is 15.7 Å². The second-order valence-corrected chi connectivity index (χ2v) is 5.59. The van der Waals surface area contributed by atoms with Gasteiger partial charge in [0.15, 0.2) is 0 Å². The largest absolute Gasteiger partial charge is 0.394 e. The third kappa shape index (κ3) is 3.48. The fraction of sp³-hybridized carbons (Fsp3) is 0.400. The van der Waals surface area contributed by atoms with Crippen molar-refractivity contribution in [3.05, 3.63) is 24.3 Å². The first-order valence-electron chi connectivity index (χ1n) is 4.71. The van der Waals surface area contributed by atoms with Gasteiger partial charge in [-0.1, -0.05) is 0 Å². The molecule has 0 aliphatic carbocycles. The van der Waals surface area contributed by atoms with Crippen LogP contribution in [0.1, 0.15) is 13.8 Å². The van der Waals surface area contributed by atoms with Crippen LogP contribution in [0.2, 0.25) is 0 Å². The Balaban J connectivity index is 2.89. The van der Waals surface area contributed by atoms with E-state index in [-0.39, 0.29) is 11.5 Å². The maximum absolute atomic E-state index is 10.8. The highest BCUT2D eigenvalue weighted by molar-refractivity contribution is 7.85. The minimum absolute atomic E-state index is 0.0486. The molecule has 16 heavy (non-hydrogen) atoms. The maximum Gasteiger partial charge on any atom is 0.294 e. The van der Waals surface area contributed by atoms with Crippen molar-refractivity contribution in [2.75, 3.05) is 11.9 Å². The molecule has 0 aliphatic rings. The van der Waals surface area contributed by atoms with E-state index in [1.807, 2.05) is 13.8 Å². The number of nitrogens with one attached hydrogen (secondary N) is 1. The Morgan fingerprint density at radius 1 is 1.25 bits per heavy atom. The first-order chi connectivity index (χ1) is 7.24. The number of rotatable bonds is 4. The molecule has 0 bridgehead atoms. The smallest absolute Gasteiger partial charge is 0.294 e. The van der Waals surface area contributed by atoms with Crippen molar-refractivity contribution in [2.24, 2.45) is 0 Å². The fourth-order valence-corrected chi connectivity index (χ4v) is 1.62.